The summed E-state index contributed by atoms with van der Waals surface area (Å²) in [5.41, 5.74) is 11.8. The maximum Gasteiger partial charge on any atom is 0.164 e. The highest BCUT2D eigenvalue weighted by atomic mass is 32.1. The average Bonchev–Trinajstić information content (AvgIpc) is 1.57. The van der Waals surface area contributed by atoms with Crippen LogP contribution in [0.2, 0.25) is 0 Å². The van der Waals surface area contributed by atoms with Gasteiger partial charge in [-0.3, -0.25) is 0 Å². The Hall–Kier alpha value is -17.6. The molecule has 0 N–H and O–H groups in total. The van der Waals surface area contributed by atoms with Crippen LogP contribution >= 0.6 is 45.3 Å². The average molecular weight is 1860 g/mol. The molecule has 0 unspecified atom stereocenters. The molecule has 0 saturated carbocycles. The second-order valence-corrected chi connectivity index (χ2v) is 38.3. The molecule has 20 aromatic carbocycles. The molecule has 0 aliphatic heterocycles. The molecule has 28 aromatic rings. The van der Waals surface area contributed by atoms with Gasteiger partial charge in [-0.1, -0.05) is 400 Å². The summed E-state index contributed by atoms with van der Waals surface area (Å²) >= 11 is 7.34. The molecule has 16 heteroatoms. The lowest BCUT2D eigenvalue weighted by molar-refractivity contribution is 1.07. The molecular formula is C124H76N12S4. The van der Waals surface area contributed by atoms with Gasteiger partial charge in [-0.25, -0.2) is 59.8 Å². The molecule has 0 atom stereocenters. The molecule has 28 rings (SSSR count). The third-order valence-corrected chi connectivity index (χ3v) is 29.8. The number of nitrogens with zero attached hydrogens (tertiary/aromatic N) is 12. The largest absolute Gasteiger partial charge is 0.208 e. The Morgan fingerprint density at radius 3 is 0.750 bits per heavy atom. The molecule has 0 bridgehead atoms. The summed E-state index contributed by atoms with van der Waals surface area (Å²) in [6.45, 7) is 0. The van der Waals surface area contributed by atoms with Crippen molar-refractivity contribution in [1.29, 1.82) is 0 Å². The van der Waals surface area contributed by atoms with Gasteiger partial charge in [0.05, 0.1) is 0 Å². The fourth-order valence-electron chi connectivity index (χ4n) is 18.7. The molecule has 0 aliphatic carbocycles. The predicted molar refractivity (Wildman–Crippen MR) is 586 cm³/mol. The van der Waals surface area contributed by atoms with Crippen LogP contribution in [-0.4, -0.2) is 59.8 Å². The van der Waals surface area contributed by atoms with Crippen molar-refractivity contribution in [3.05, 3.63) is 461 Å². The van der Waals surface area contributed by atoms with E-state index in [1.165, 1.54) is 118 Å². The molecule has 140 heavy (non-hydrogen) atoms. The fourth-order valence-corrected chi connectivity index (χ4v) is 23.1. The van der Waals surface area contributed by atoms with E-state index in [0.29, 0.717) is 69.9 Å². The van der Waals surface area contributed by atoms with E-state index in [9.17, 15) is 0 Å². The third kappa shape index (κ3) is 16.3. The number of rotatable bonds is 12. The predicted octanol–water partition coefficient (Wildman–Crippen LogP) is 33.6. The topological polar surface area (TPSA) is 155 Å². The van der Waals surface area contributed by atoms with E-state index >= 15 is 0 Å². The van der Waals surface area contributed by atoms with Gasteiger partial charge in [0.25, 0.3) is 0 Å². The van der Waals surface area contributed by atoms with Crippen LogP contribution in [0.15, 0.2) is 461 Å². The number of aromatic nitrogens is 12. The smallest absolute Gasteiger partial charge is 0.164 e. The molecule has 0 aliphatic rings. The molecule has 0 radical (unpaired) electrons. The summed E-state index contributed by atoms with van der Waals surface area (Å²) in [6, 6.07) is 159. The van der Waals surface area contributed by atoms with Crippen molar-refractivity contribution in [2.24, 2.45) is 0 Å². The summed E-state index contributed by atoms with van der Waals surface area (Å²) in [5, 5.41) is 20.0. The lowest BCUT2D eigenvalue weighted by Gasteiger charge is -2.11. The van der Waals surface area contributed by atoms with Crippen molar-refractivity contribution in [2.75, 3.05) is 0 Å². The van der Waals surface area contributed by atoms with E-state index < -0.39 is 0 Å². The first kappa shape index (κ1) is 84.1. The molecule has 0 amide bonds. The Balaban J connectivity index is 0.0000000985. The van der Waals surface area contributed by atoms with E-state index in [-0.39, 0.29) is 0 Å². The fraction of sp³-hybridized carbons (Fsp3) is 0. The van der Waals surface area contributed by atoms with Gasteiger partial charge < -0.3 is 0 Å². The first-order valence-electron chi connectivity index (χ1n) is 46.2. The van der Waals surface area contributed by atoms with Crippen LogP contribution in [0.3, 0.4) is 0 Å². The lowest BCUT2D eigenvalue weighted by atomic mass is 9.98. The maximum absolute atomic E-state index is 5.00. The second kappa shape index (κ2) is 36.9. The highest BCUT2D eigenvalue weighted by Crippen LogP contribution is 2.47. The van der Waals surface area contributed by atoms with Crippen molar-refractivity contribution in [1.82, 2.24) is 59.8 Å². The number of hydrogen-bond acceptors (Lipinski definition) is 16. The number of benzene rings is 20. The van der Waals surface area contributed by atoms with Crippen LogP contribution in [0.1, 0.15) is 0 Å². The Morgan fingerprint density at radius 1 is 0.114 bits per heavy atom. The van der Waals surface area contributed by atoms with Crippen molar-refractivity contribution >= 4 is 169 Å². The molecule has 8 aromatic heterocycles. The normalized spacial score (nSPS) is 11.4. The van der Waals surface area contributed by atoms with Gasteiger partial charge in [0, 0.05) is 153 Å². The third-order valence-electron chi connectivity index (χ3n) is 25.3. The van der Waals surface area contributed by atoms with E-state index in [1.54, 1.807) is 0 Å². The first-order valence-corrected chi connectivity index (χ1v) is 49.5. The van der Waals surface area contributed by atoms with Crippen LogP contribution in [-0.2, 0) is 0 Å². The Bertz CT molecular complexity index is 9260. The standard InChI is InChI=1S/4C31H19N3S/c1-3-10-21(11-4-1)29-32-30(22-12-5-2-6-13-22)34-31(33-29)24-16-9-14-20-18-19-26-28(27(20)24)23-15-7-8-17-25(23)35-26;1-3-10-20(11-4-1)29-32-30(21-12-5-2-6-13-21)34-31(33-29)24-16-9-15-23-22(24)18-19-27-28(23)25-14-7-8-17-26(25)35-27;1-3-9-20(10-4-1)29-32-30(21-11-5-2-6-12-21)34-31(33-29)23-15-17-24-22(19-23)16-18-27-28(24)25-13-7-8-14-26(25)35-27;1-3-9-21(10-4-1)29-32-30(22-11-5-2-6-12-22)34-31(33-29)23-16-15-20-17-18-27-28(25(20)19-23)24-13-7-8-14-26(24)35-27/h4*1-19H. The zero-order chi connectivity index (χ0) is 92.8. The number of fused-ring (bicyclic) bond motifs is 20. The molecule has 0 spiro atoms. The SMILES string of the molecule is c1ccc(-c2nc(-c3ccccc3)nc(-c3ccc4c(ccc5sc6ccccc6c54)c3)n2)cc1.c1ccc(-c2nc(-c3ccccc3)nc(-c3ccc4ccc5sc6ccccc6c5c4c3)n2)cc1.c1ccc(-c2nc(-c3ccccc3)nc(-c3cccc4c3ccc3sc5ccccc5c34)n2)cc1.c1ccc(-c2nc(-c3ccccc3)nc(-c3cccc4ccc5sc6ccccc6c5c34)n2)cc1. The molecule has 0 saturated heterocycles. The molecular weight excluding hydrogens is 1790 g/mol. The van der Waals surface area contributed by atoms with Crippen molar-refractivity contribution in [3.8, 4) is 137 Å². The van der Waals surface area contributed by atoms with Crippen LogP contribution in [0.4, 0.5) is 0 Å². The number of thiophene rings is 4. The number of hydrogen-bond donors (Lipinski definition) is 0. The zero-order valence-corrected chi connectivity index (χ0v) is 78.1. The molecule has 12 nitrogen and oxygen atoms in total. The van der Waals surface area contributed by atoms with Crippen LogP contribution < -0.4 is 0 Å². The Labute approximate surface area is 820 Å². The van der Waals surface area contributed by atoms with Crippen molar-refractivity contribution < 1.29 is 0 Å². The van der Waals surface area contributed by atoms with E-state index in [2.05, 4.69) is 218 Å². The maximum atomic E-state index is 5.00. The van der Waals surface area contributed by atoms with Crippen molar-refractivity contribution in [2.45, 2.75) is 0 Å². The summed E-state index contributed by atoms with van der Waals surface area (Å²) < 4.78 is 10.4. The quantitative estimate of drug-likeness (QED) is 0.114. The minimum atomic E-state index is 0.675. The minimum absolute atomic E-state index is 0.675. The van der Waals surface area contributed by atoms with Gasteiger partial charge in [-0.15, -0.1) is 45.3 Å². The van der Waals surface area contributed by atoms with Crippen LogP contribution in [0, 0.1) is 0 Å². The summed E-state index contributed by atoms with van der Waals surface area (Å²) in [6.07, 6.45) is 0. The van der Waals surface area contributed by atoms with Crippen LogP contribution in [0.25, 0.3) is 260 Å². The monoisotopic (exact) mass is 1860 g/mol. The van der Waals surface area contributed by atoms with E-state index in [4.69, 9.17) is 59.8 Å². The van der Waals surface area contributed by atoms with Crippen LogP contribution in [0.5, 0.6) is 0 Å². The molecule has 0 fully saturated rings. The molecule has 656 valence electrons. The van der Waals surface area contributed by atoms with Gasteiger partial charge >= 0.3 is 0 Å². The molecule has 8 heterocycles. The highest BCUT2D eigenvalue weighted by Gasteiger charge is 2.24. The first-order chi connectivity index (χ1) is 69.4. The van der Waals surface area contributed by atoms with E-state index in [0.717, 1.165) is 72.1 Å². The minimum Gasteiger partial charge on any atom is -0.208 e. The van der Waals surface area contributed by atoms with Gasteiger partial charge in [-0.05, 0) is 98.4 Å². The van der Waals surface area contributed by atoms with Crippen molar-refractivity contribution in [3.63, 3.8) is 0 Å². The van der Waals surface area contributed by atoms with Gasteiger partial charge in [-0.2, -0.15) is 0 Å². The summed E-state index contributed by atoms with van der Waals surface area (Å²) in [4.78, 5) is 58.9. The van der Waals surface area contributed by atoms with Gasteiger partial charge in [0.15, 0.2) is 69.9 Å². The summed E-state index contributed by atoms with van der Waals surface area (Å²) in [5.74, 6) is 8.12. The van der Waals surface area contributed by atoms with Gasteiger partial charge in [0.1, 0.15) is 0 Å². The van der Waals surface area contributed by atoms with E-state index in [1.807, 2.05) is 288 Å². The van der Waals surface area contributed by atoms with Gasteiger partial charge in [0.2, 0.25) is 0 Å². The Kier molecular flexibility index (Phi) is 22.2. The Morgan fingerprint density at radius 2 is 0.364 bits per heavy atom. The second-order valence-electron chi connectivity index (χ2n) is 34.0. The highest BCUT2D eigenvalue weighted by molar-refractivity contribution is 7.27. The zero-order valence-electron chi connectivity index (χ0n) is 74.9. The summed E-state index contributed by atoms with van der Waals surface area (Å²) in [7, 11) is 0. The lowest BCUT2D eigenvalue weighted by Crippen LogP contribution is -2.00.